The maximum Gasteiger partial charge on any atom is 0.328 e. The SMILES string of the molecule is COc1cc(C=CC(=O)O)cc(OC)c1OC.COc1cc(C=CC(=O)O)cc(OC)c1OC.NCCN. The number of ether oxygens (including phenoxy) is 6. The predicted octanol–water partition coefficient (Wildman–Crippen LogP) is 2.52. The molecule has 0 spiro atoms. The van der Waals surface area contributed by atoms with Gasteiger partial charge in [0.25, 0.3) is 0 Å². The van der Waals surface area contributed by atoms with Crippen molar-refractivity contribution < 1.29 is 48.2 Å². The molecule has 12 nitrogen and oxygen atoms in total. The van der Waals surface area contributed by atoms with Gasteiger partial charge >= 0.3 is 11.9 Å². The summed E-state index contributed by atoms with van der Waals surface area (Å²) in [5, 5.41) is 17.1. The third-order valence-electron chi connectivity index (χ3n) is 4.38. The second-order valence-electron chi connectivity index (χ2n) is 6.84. The minimum Gasteiger partial charge on any atom is -0.493 e. The molecule has 2 aromatic carbocycles. The van der Waals surface area contributed by atoms with Gasteiger partial charge < -0.3 is 50.1 Å². The molecule has 0 aliphatic rings. The zero-order valence-electron chi connectivity index (χ0n) is 22.3. The van der Waals surface area contributed by atoms with Crippen LogP contribution in [0.15, 0.2) is 36.4 Å². The van der Waals surface area contributed by atoms with Crippen LogP contribution in [-0.4, -0.2) is 77.9 Å². The van der Waals surface area contributed by atoms with Crippen molar-refractivity contribution in [1.29, 1.82) is 0 Å². The zero-order valence-corrected chi connectivity index (χ0v) is 22.3. The molecule has 6 N–H and O–H groups in total. The van der Waals surface area contributed by atoms with Crippen LogP contribution in [0.2, 0.25) is 0 Å². The highest BCUT2D eigenvalue weighted by atomic mass is 16.5. The zero-order chi connectivity index (χ0) is 29.1. The first kappa shape index (κ1) is 33.6. The molecule has 0 unspecified atom stereocenters. The minimum absolute atomic E-state index is 0.475. The quantitative estimate of drug-likeness (QED) is 0.308. The fraction of sp³-hybridized carbons (Fsp3) is 0.308. The van der Waals surface area contributed by atoms with Crippen molar-refractivity contribution in [1.82, 2.24) is 0 Å². The van der Waals surface area contributed by atoms with Gasteiger partial charge in [-0.3, -0.25) is 0 Å². The monoisotopic (exact) mass is 536 g/mol. The maximum atomic E-state index is 10.4. The predicted molar refractivity (Wildman–Crippen MR) is 144 cm³/mol. The number of carboxylic acid groups (broad SMARTS) is 2. The number of rotatable bonds is 11. The number of methoxy groups -OCH3 is 6. The van der Waals surface area contributed by atoms with Gasteiger partial charge in [-0.2, -0.15) is 0 Å². The Morgan fingerprint density at radius 2 is 0.868 bits per heavy atom. The van der Waals surface area contributed by atoms with E-state index in [1.165, 1.54) is 54.8 Å². The summed E-state index contributed by atoms with van der Waals surface area (Å²) in [6.07, 6.45) is 4.99. The number of hydrogen-bond donors (Lipinski definition) is 4. The van der Waals surface area contributed by atoms with Crippen LogP contribution in [0.4, 0.5) is 0 Å². The van der Waals surface area contributed by atoms with E-state index in [-0.39, 0.29) is 0 Å². The molecule has 0 fully saturated rings. The van der Waals surface area contributed by atoms with Crippen LogP contribution < -0.4 is 39.9 Å². The Kier molecular flexibility index (Phi) is 16.6. The Bertz CT molecular complexity index is 948. The van der Waals surface area contributed by atoms with E-state index in [2.05, 4.69) is 0 Å². The molecule has 0 aromatic heterocycles. The number of nitrogens with two attached hydrogens (primary N) is 2. The summed E-state index contributed by atoms with van der Waals surface area (Å²) < 4.78 is 30.9. The normalized spacial score (nSPS) is 10.0. The van der Waals surface area contributed by atoms with Crippen molar-refractivity contribution in [2.45, 2.75) is 0 Å². The van der Waals surface area contributed by atoms with Crippen LogP contribution in [-0.2, 0) is 9.59 Å². The van der Waals surface area contributed by atoms with Gasteiger partial charge in [0, 0.05) is 25.2 Å². The number of hydrogen-bond acceptors (Lipinski definition) is 10. The lowest BCUT2D eigenvalue weighted by Gasteiger charge is -2.12. The maximum absolute atomic E-state index is 10.4. The summed E-state index contributed by atoms with van der Waals surface area (Å²) in [7, 11) is 9.02. The van der Waals surface area contributed by atoms with Gasteiger partial charge in [-0.25, -0.2) is 9.59 Å². The molecule has 12 heteroatoms. The summed E-state index contributed by atoms with van der Waals surface area (Å²) in [4.78, 5) is 20.9. The Morgan fingerprint density at radius 1 is 0.605 bits per heavy atom. The molecular weight excluding hydrogens is 500 g/mol. The first-order chi connectivity index (χ1) is 18.1. The van der Waals surface area contributed by atoms with Crippen molar-refractivity contribution in [3.05, 3.63) is 47.5 Å². The van der Waals surface area contributed by atoms with Crippen molar-refractivity contribution in [3.8, 4) is 34.5 Å². The average molecular weight is 537 g/mol. The van der Waals surface area contributed by atoms with E-state index in [9.17, 15) is 9.59 Å². The van der Waals surface area contributed by atoms with Gasteiger partial charge in [-0.1, -0.05) is 0 Å². The second-order valence-corrected chi connectivity index (χ2v) is 6.84. The molecule has 0 heterocycles. The van der Waals surface area contributed by atoms with Crippen molar-refractivity contribution >= 4 is 24.1 Å². The average Bonchev–Trinajstić information content (AvgIpc) is 2.93. The van der Waals surface area contributed by atoms with Gasteiger partial charge in [0.2, 0.25) is 11.5 Å². The lowest BCUT2D eigenvalue weighted by atomic mass is 10.1. The summed E-state index contributed by atoms with van der Waals surface area (Å²) >= 11 is 0. The lowest BCUT2D eigenvalue weighted by Crippen LogP contribution is -2.11. The number of carbonyl (C=O) groups is 2. The van der Waals surface area contributed by atoms with E-state index < -0.39 is 11.9 Å². The van der Waals surface area contributed by atoms with Crippen LogP contribution >= 0.6 is 0 Å². The van der Waals surface area contributed by atoms with E-state index in [0.29, 0.717) is 58.7 Å². The number of benzene rings is 2. The molecule has 0 bridgehead atoms. The number of aliphatic carboxylic acids is 2. The van der Waals surface area contributed by atoms with E-state index in [1.807, 2.05) is 0 Å². The first-order valence-electron chi connectivity index (χ1n) is 11.0. The van der Waals surface area contributed by atoms with E-state index >= 15 is 0 Å². The Labute approximate surface area is 222 Å². The third kappa shape index (κ3) is 11.5. The van der Waals surface area contributed by atoms with Crippen LogP contribution in [0, 0.1) is 0 Å². The largest absolute Gasteiger partial charge is 0.493 e. The van der Waals surface area contributed by atoms with E-state index in [1.54, 1.807) is 24.3 Å². The highest BCUT2D eigenvalue weighted by Crippen LogP contribution is 2.39. The third-order valence-corrected chi connectivity index (χ3v) is 4.38. The highest BCUT2D eigenvalue weighted by molar-refractivity contribution is 5.86. The Hall–Kier alpha value is -4.42. The fourth-order valence-electron chi connectivity index (χ4n) is 2.73. The minimum atomic E-state index is -1.02. The molecule has 210 valence electrons. The van der Waals surface area contributed by atoms with Crippen LogP contribution in [0.3, 0.4) is 0 Å². The molecule has 0 radical (unpaired) electrons. The van der Waals surface area contributed by atoms with Crippen molar-refractivity contribution in [2.24, 2.45) is 11.5 Å². The van der Waals surface area contributed by atoms with Crippen LogP contribution in [0.25, 0.3) is 12.2 Å². The topological polar surface area (TPSA) is 182 Å². The van der Waals surface area contributed by atoms with Crippen molar-refractivity contribution in [3.63, 3.8) is 0 Å². The summed E-state index contributed by atoms with van der Waals surface area (Å²) in [6, 6.07) is 6.67. The molecule has 0 amide bonds. The second kappa shape index (κ2) is 18.8. The summed E-state index contributed by atoms with van der Waals surface area (Å²) in [5.74, 6) is 0.852. The molecule has 0 saturated carbocycles. The molecule has 0 atom stereocenters. The molecule has 38 heavy (non-hydrogen) atoms. The standard InChI is InChI=1S/2C12H14O5.C2H8N2/c2*1-15-9-6-8(4-5-11(13)14)7-10(16-2)12(9)17-3;3-1-2-4/h2*4-7H,1-3H3,(H,13,14);1-4H2. The van der Waals surface area contributed by atoms with Gasteiger partial charge in [0.15, 0.2) is 23.0 Å². The first-order valence-corrected chi connectivity index (χ1v) is 11.0. The van der Waals surface area contributed by atoms with Gasteiger partial charge in [0.1, 0.15) is 0 Å². The molecule has 0 saturated heterocycles. The molecule has 0 aliphatic carbocycles. The fourth-order valence-corrected chi connectivity index (χ4v) is 2.73. The van der Waals surface area contributed by atoms with E-state index in [0.717, 1.165) is 12.2 Å². The lowest BCUT2D eigenvalue weighted by molar-refractivity contribution is -0.132. The Balaban J connectivity index is 0.000000632. The Morgan fingerprint density at radius 3 is 1.03 bits per heavy atom. The highest BCUT2D eigenvalue weighted by Gasteiger charge is 2.13. The van der Waals surface area contributed by atoms with Gasteiger partial charge in [-0.05, 0) is 47.5 Å². The molecular formula is C26H36N2O10. The van der Waals surface area contributed by atoms with Crippen LogP contribution in [0.5, 0.6) is 34.5 Å². The molecule has 0 aliphatic heterocycles. The molecule has 2 rings (SSSR count). The van der Waals surface area contributed by atoms with Gasteiger partial charge in [0.05, 0.1) is 42.7 Å². The number of carboxylic acids is 2. The van der Waals surface area contributed by atoms with Gasteiger partial charge in [-0.15, -0.1) is 0 Å². The van der Waals surface area contributed by atoms with Crippen molar-refractivity contribution in [2.75, 3.05) is 55.7 Å². The summed E-state index contributed by atoms with van der Waals surface area (Å²) in [5.41, 5.74) is 11.1. The molecule has 2 aromatic rings. The smallest absolute Gasteiger partial charge is 0.328 e. The summed E-state index contributed by atoms with van der Waals surface area (Å²) in [6.45, 7) is 1.19. The van der Waals surface area contributed by atoms with Crippen LogP contribution in [0.1, 0.15) is 11.1 Å². The van der Waals surface area contributed by atoms with E-state index in [4.69, 9.17) is 50.1 Å².